The van der Waals surface area contributed by atoms with Gasteiger partial charge >= 0.3 is 0 Å². The van der Waals surface area contributed by atoms with Crippen LogP contribution in [0.2, 0.25) is 0 Å². The smallest absolute Gasteiger partial charge is 0.240 e. The van der Waals surface area contributed by atoms with E-state index in [1.54, 1.807) is 0 Å². The highest BCUT2D eigenvalue weighted by Gasteiger charge is 2.41. The van der Waals surface area contributed by atoms with E-state index in [2.05, 4.69) is 43.5 Å². The zero-order chi connectivity index (χ0) is 14.3. The molecule has 0 aromatic rings. The zero-order valence-electron chi connectivity index (χ0n) is 13.1. The van der Waals surface area contributed by atoms with Crippen LogP contribution in [-0.4, -0.2) is 49.6 Å². The van der Waals surface area contributed by atoms with E-state index in [9.17, 15) is 4.79 Å². The largest absolute Gasteiger partial charge is 0.354 e. The molecule has 0 aromatic heterocycles. The van der Waals surface area contributed by atoms with Crippen molar-refractivity contribution in [1.29, 1.82) is 0 Å². The Morgan fingerprint density at radius 2 is 1.95 bits per heavy atom. The van der Waals surface area contributed by atoms with Crippen LogP contribution in [-0.2, 0) is 4.79 Å². The Morgan fingerprint density at radius 3 is 2.47 bits per heavy atom. The van der Waals surface area contributed by atoms with Crippen molar-refractivity contribution in [3.63, 3.8) is 0 Å². The van der Waals surface area contributed by atoms with Crippen LogP contribution in [0.3, 0.4) is 0 Å². The number of carbonyl (C=O) groups excluding carboxylic acids is 1. The lowest BCUT2D eigenvalue weighted by molar-refractivity contribution is -0.127. The maximum absolute atomic E-state index is 12.5. The van der Waals surface area contributed by atoms with Crippen LogP contribution >= 0.6 is 0 Å². The van der Waals surface area contributed by atoms with Crippen molar-refractivity contribution < 1.29 is 4.79 Å². The Hall–Kier alpha value is -0.610. The standard InChI is InChI=1S/C15H31N3O/c1-5-13(2)17-15(9-6-7-10-15)14(19)16-11-8-12-18(3)4/h13,17H,5-12H2,1-4H3,(H,16,19). The molecule has 0 aromatic carbocycles. The van der Waals surface area contributed by atoms with Gasteiger partial charge in [0.1, 0.15) is 0 Å². The number of nitrogens with zero attached hydrogens (tertiary/aromatic N) is 1. The summed E-state index contributed by atoms with van der Waals surface area (Å²) in [6, 6.07) is 0.408. The van der Waals surface area contributed by atoms with E-state index in [0.717, 1.165) is 51.6 Å². The molecule has 1 aliphatic carbocycles. The number of rotatable bonds is 8. The molecule has 1 amide bonds. The van der Waals surface area contributed by atoms with Crippen molar-refractivity contribution in [3.8, 4) is 0 Å². The second-order valence-corrected chi connectivity index (χ2v) is 6.16. The monoisotopic (exact) mass is 269 g/mol. The summed E-state index contributed by atoms with van der Waals surface area (Å²) in [7, 11) is 4.12. The van der Waals surface area contributed by atoms with Crippen LogP contribution in [0.25, 0.3) is 0 Å². The van der Waals surface area contributed by atoms with E-state index in [4.69, 9.17) is 0 Å². The topological polar surface area (TPSA) is 44.4 Å². The second kappa shape index (κ2) is 7.85. The molecule has 0 aliphatic heterocycles. The lowest BCUT2D eigenvalue weighted by Crippen LogP contribution is -2.57. The van der Waals surface area contributed by atoms with Crippen molar-refractivity contribution in [2.45, 2.75) is 64.0 Å². The van der Waals surface area contributed by atoms with Gasteiger partial charge in [0, 0.05) is 12.6 Å². The summed E-state index contributed by atoms with van der Waals surface area (Å²) in [5.41, 5.74) is -0.298. The van der Waals surface area contributed by atoms with Gasteiger partial charge in [-0.1, -0.05) is 19.8 Å². The van der Waals surface area contributed by atoms with Gasteiger partial charge in [-0.3, -0.25) is 4.79 Å². The molecule has 0 bridgehead atoms. The molecule has 4 heteroatoms. The van der Waals surface area contributed by atoms with Crippen LogP contribution in [0.4, 0.5) is 0 Å². The van der Waals surface area contributed by atoms with E-state index in [1.807, 2.05) is 0 Å². The third kappa shape index (κ3) is 5.11. The lowest BCUT2D eigenvalue weighted by atomic mass is 9.94. The second-order valence-electron chi connectivity index (χ2n) is 6.16. The lowest BCUT2D eigenvalue weighted by Gasteiger charge is -2.32. The molecule has 0 saturated heterocycles. The molecule has 1 unspecified atom stereocenters. The van der Waals surface area contributed by atoms with Crippen LogP contribution in [0.15, 0.2) is 0 Å². The average Bonchev–Trinajstić information content (AvgIpc) is 2.83. The first kappa shape index (κ1) is 16.4. The molecule has 1 atom stereocenters. The Balaban J connectivity index is 2.44. The fourth-order valence-electron chi connectivity index (χ4n) is 2.76. The van der Waals surface area contributed by atoms with E-state index >= 15 is 0 Å². The highest BCUT2D eigenvalue weighted by Crippen LogP contribution is 2.30. The Kier molecular flexibility index (Phi) is 6.80. The molecule has 0 heterocycles. The van der Waals surface area contributed by atoms with Crippen molar-refractivity contribution in [2.24, 2.45) is 0 Å². The molecule has 1 saturated carbocycles. The summed E-state index contributed by atoms with van der Waals surface area (Å²) < 4.78 is 0. The van der Waals surface area contributed by atoms with E-state index in [-0.39, 0.29) is 11.4 Å². The molecule has 0 spiro atoms. The summed E-state index contributed by atoms with van der Waals surface area (Å²) >= 11 is 0. The van der Waals surface area contributed by atoms with Crippen LogP contribution in [0, 0.1) is 0 Å². The molecule has 1 fully saturated rings. The van der Waals surface area contributed by atoms with Crippen molar-refractivity contribution in [3.05, 3.63) is 0 Å². The fourth-order valence-corrected chi connectivity index (χ4v) is 2.76. The normalized spacial score (nSPS) is 19.6. The number of amides is 1. The van der Waals surface area contributed by atoms with Crippen LogP contribution in [0.5, 0.6) is 0 Å². The van der Waals surface area contributed by atoms with Gasteiger partial charge in [-0.2, -0.15) is 0 Å². The molecule has 1 aliphatic rings. The molecular weight excluding hydrogens is 238 g/mol. The SMILES string of the molecule is CCC(C)NC1(C(=O)NCCCN(C)C)CCCC1. The van der Waals surface area contributed by atoms with Gasteiger partial charge in [0.15, 0.2) is 0 Å². The summed E-state index contributed by atoms with van der Waals surface area (Å²) in [6.07, 6.45) is 6.37. The van der Waals surface area contributed by atoms with Crippen molar-refractivity contribution in [2.75, 3.05) is 27.2 Å². The van der Waals surface area contributed by atoms with E-state index in [1.165, 1.54) is 0 Å². The third-order valence-corrected chi connectivity index (χ3v) is 4.09. The minimum atomic E-state index is -0.298. The highest BCUT2D eigenvalue weighted by molar-refractivity contribution is 5.86. The van der Waals surface area contributed by atoms with Gasteiger partial charge < -0.3 is 15.5 Å². The molecule has 1 rings (SSSR count). The average molecular weight is 269 g/mol. The molecule has 19 heavy (non-hydrogen) atoms. The van der Waals surface area contributed by atoms with Gasteiger partial charge in [-0.25, -0.2) is 0 Å². The number of hydrogen-bond donors (Lipinski definition) is 2. The molecular formula is C15H31N3O. The maximum Gasteiger partial charge on any atom is 0.240 e. The first-order valence-electron chi connectivity index (χ1n) is 7.71. The van der Waals surface area contributed by atoms with Gasteiger partial charge in [-0.05, 0) is 53.2 Å². The number of hydrogen-bond acceptors (Lipinski definition) is 3. The van der Waals surface area contributed by atoms with E-state index in [0.29, 0.717) is 6.04 Å². The van der Waals surface area contributed by atoms with Crippen molar-refractivity contribution >= 4 is 5.91 Å². The van der Waals surface area contributed by atoms with Crippen molar-refractivity contribution in [1.82, 2.24) is 15.5 Å². The molecule has 112 valence electrons. The summed E-state index contributed by atoms with van der Waals surface area (Å²) in [5.74, 6) is 0.212. The van der Waals surface area contributed by atoms with Crippen LogP contribution < -0.4 is 10.6 Å². The molecule has 4 nitrogen and oxygen atoms in total. The Morgan fingerprint density at radius 1 is 1.32 bits per heavy atom. The Labute approximate surface area is 118 Å². The summed E-state index contributed by atoms with van der Waals surface area (Å²) in [5, 5.41) is 6.69. The third-order valence-electron chi connectivity index (χ3n) is 4.09. The minimum absolute atomic E-state index is 0.212. The Bertz CT molecular complexity index is 273. The molecule has 2 N–H and O–H groups in total. The van der Waals surface area contributed by atoms with Crippen LogP contribution in [0.1, 0.15) is 52.4 Å². The molecule has 0 radical (unpaired) electrons. The summed E-state index contributed by atoms with van der Waals surface area (Å²) in [6.45, 7) is 6.13. The number of nitrogens with one attached hydrogen (secondary N) is 2. The first-order valence-corrected chi connectivity index (χ1v) is 7.71. The van der Waals surface area contributed by atoms with Gasteiger partial charge in [0.05, 0.1) is 5.54 Å². The minimum Gasteiger partial charge on any atom is -0.354 e. The first-order chi connectivity index (χ1) is 9.00. The maximum atomic E-state index is 12.5. The van der Waals surface area contributed by atoms with Gasteiger partial charge in [-0.15, -0.1) is 0 Å². The summed E-state index contributed by atoms with van der Waals surface area (Å²) in [4.78, 5) is 14.6. The van der Waals surface area contributed by atoms with E-state index < -0.39 is 0 Å². The predicted octanol–water partition coefficient (Wildman–Crippen LogP) is 1.76. The quantitative estimate of drug-likeness (QED) is 0.660. The fraction of sp³-hybridized carbons (Fsp3) is 0.933. The van der Waals surface area contributed by atoms with Gasteiger partial charge in [0.25, 0.3) is 0 Å². The number of carbonyl (C=O) groups is 1. The highest BCUT2D eigenvalue weighted by atomic mass is 16.2. The predicted molar refractivity (Wildman–Crippen MR) is 80.3 cm³/mol. The van der Waals surface area contributed by atoms with Gasteiger partial charge in [0.2, 0.25) is 5.91 Å². The zero-order valence-corrected chi connectivity index (χ0v) is 13.1.